The lowest BCUT2D eigenvalue weighted by Crippen LogP contribution is -2.59. The molecule has 4 rings (SSSR count). The third-order valence-electron chi connectivity index (χ3n) is 7.07. The lowest BCUT2D eigenvalue weighted by atomic mass is 9.77. The highest BCUT2D eigenvalue weighted by molar-refractivity contribution is 8.00. The van der Waals surface area contributed by atoms with Crippen LogP contribution in [0.15, 0.2) is 57.9 Å². The molecule has 1 aliphatic rings. The number of alkyl halides is 9. The maximum atomic E-state index is 13.9. The van der Waals surface area contributed by atoms with Crippen LogP contribution in [0.3, 0.4) is 0 Å². The predicted octanol–water partition coefficient (Wildman–Crippen LogP) is 10.00. The summed E-state index contributed by atoms with van der Waals surface area (Å²) in [6, 6.07) is 11.7. The molecule has 1 aromatic heterocycles. The summed E-state index contributed by atoms with van der Waals surface area (Å²) >= 11 is -1.11. The second-order valence-electron chi connectivity index (χ2n) is 9.84. The average Bonchev–Trinajstić information content (AvgIpc) is 3.39. The average molecular weight is 597 g/mol. The summed E-state index contributed by atoms with van der Waals surface area (Å²) in [6.07, 6.45) is 0.294. The standard InChI is InChI=1S/C27H25F9N2OS/c1-2-3-16-4-6-17(7-5-16)18-8-10-19(11-9-18)22-37-23(39-38-22)20-12-14-21(15-13-20)40-27(35,36)25(30,31)24(28,29)26(32,33)34/h8-17H,2-7H2,1H3. The Kier molecular flexibility index (Phi) is 8.54. The molecule has 1 saturated carbocycles. The quantitative estimate of drug-likeness (QED) is 0.182. The summed E-state index contributed by atoms with van der Waals surface area (Å²) in [5.74, 6) is -12.2. The van der Waals surface area contributed by atoms with Gasteiger partial charge in [0.05, 0.1) is 0 Å². The number of halogens is 9. The van der Waals surface area contributed by atoms with Gasteiger partial charge >= 0.3 is 23.3 Å². The summed E-state index contributed by atoms with van der Waals surface area (Å²) in [7, 11) is 0. The van der Waals surface area contributed by atoms with Crippen molar-refractivity contribution in [2.45, 2.75) is 79.5 Å². The van der Waals surface area contributed by atoms with Gasteiger partial charge in [0.25, 0.3) is 5.89 Å². The van der Waals surface area contributed by atoms with E-state index in [0.29, 0.717) is 11.5 Å². The van der Waals surface area contributed by atoms with E-state index in [-0.39, 0.29) is 17.3 Å². The first-order valence-electron chi connectivity index (χ1n) is 12.6. The van der Waals surface area contributed by atoms with Gasteiger partial charge in [-0.15, -0.1) is 0 Å². The van der Waals surface area contributed by atoms with Crippen LogP contribution in [0.5, 0.6) is 0 Å². The minimum atomic E-state index is -6.94. The van der Waals surface area contributed by atoms with E-state index in [9.17, 15) is 39.5 Å². The van der Waals surface area contributed by atoms with Crippen LogP contribution in [0.25, 0.3) is 22.8 Å². The fourth-order valence-corrected chi connectivity index (χ4v) is 5.62. The zero-order valence-corrected chi connectivity index (χ0v) is 21.9. The number of nitrogens with zero attached hydrogens (tertiary/aromatic N) is 2. The van der Waals surface area contributed by atoms with Gasteiger partial charge < -0.3 is 4.52 Å². The third-order valence-corrected chi connectivity index (χ3v) is 8.09. The van der Waals surface area contributed by atoms with Gasteiger partial charge in [-0.05, 0) is 79.1 Å². The van der Waals surface area contributed by atoms with Gasteiger partial charge in [0.1, 0.15) is 0 Å². The van der Waals surface area contributed by atoms with Crippen molar-refractivity contribution in [2.75, 3.05) is 0 Å². The summed E-state index contributed by atoms with van der Waals surface area (Å²) in [5, 5.41) is -1.87. The first-order chi connectivity index (χ1) is 18.7. The number of benzene rings is 2. The van der Waals surface area contributed by atoms with Crippen LogP contribution < -0.4 is 0 Å². The molecule has 0 saturated heterocycles. The number of hydrogen-bond acceptors (Lipinski definition) is 4. The summed E-state index contributed by atoms with van der Waals surface area (Å²) in [6.45, 7) is 2.20. The van der Waals surface area contributed by atoms with Gasteiger partial charge in [-0.3, -0.25) is 0 Å². The van der Waals surface area contributed by atoms with Crippen molar-refractivity contribution in [1.82, 2.24) is 10.1 Å². The maximum Gasteiger partial charge on any atom is 0.460 e. The number of hydrogen-bond donors (Lipinski definition) is 0. The van der Waals surface area contributed by atoms with E-state index in [0.717, 1.165) is 43.0 Å². The Hall–Kier alpha value is -2.70. The molecule has 40 heavy (non-hydrogen) atoms. The van der Waals surface area contributed by atoms with Gasteiger partial charge in [0, 0.05) is 16.0 Å². The fourth-order valence-electron chi connectivity index (χ4n) is 4.79. The molecule has 0 atom stereocenters. The highest BCUT2D eigenvalue weighted by Gasteiger charge is 2.82. The van der Waals surface area contributed by atoms with E-state index >= 15 is 0 Å². The lowest BCUT2D eigenvalue weighted by molar-refractivity contribution is -0.381. The third kappa shape index (κ3) is 5.99. The van der Waals surface area contributed by atoms with E-state index in [1.807, 2.05) is 24.3 Å². The Morgan fingerprint density at radius 3 is 1.90 bits per heavy atom. The molecule has 1 aliphatic carbocycles. The minimum absolute atomic E-state index is 0.0365. The molecular weight excluding hydrogens is 571 g/mol. The highest BCUT2D eigenvalue weighted by atomic mass is 32.2. The number of rotatable bonds is 9. The van der Waals surface area contributed by atoms with Crippen molar-refractivity contribution in [3.8, 4) is 22.8 Å². The van der Waals surface area contributed by atoms with Crippen LogP contribution in [0.1, 0.15) is 56.9 Å². The monoisotopic (exact) mass is 596 g/mol. The van der Waals surface area contributed by atoms with Crippen molar-refractivity contribution < 1.29 is 44.0 Å². The van der Waals surface area contributed by atoms with Crippen molar-refractivity contribution in [3.63, 3.8) is 0 Å². The maximum absolute atomic E-state index is 13.9. The molecule has 1 heterocycles. The van der Waals surface area contributed by atoms with Crippen molar-refractivity contribution in [2.24, 2.45) is 5.92 Å². The van der Waals surface area contributed by atoms with Crippen LogP contribution in [0.2, 0.25) is 0 Å². The predicted molar refractivity (Wildman–Crippen MR) is 132 cm³/mol. The first kappa shape index (κ1) is 30.3. The molecule has 0 N–H and O–H groups in total. The zero-order chi connectivity index (χ0) is 29.3. The van der Waals surface area contributed by atoms with Crippen molar-refractivity contribution in [1.29, 1.82) is 0 Å². The molecule has 0 amide bonds. The Bertz CT molecular complexity index is 1270. The Balaban J connectivity index is 1.42. The van der Waals surface area contributed by atoms with Gasteiger partial charge in [-0.1, -0.05) is 49.2 Å². The topological polar surface area (TPSA) is 38.9 Å². The molecule has 0 radical (unpaired) electrons. The van der Waals surface area contributed by atoms with Crippen molar-refractivity contribution >= 4 is 11.8 Å². The van der Waals surface area contributed by atoms with E-state index < -0.39 is 39.9 Å². The molecule has 13 heteroatoms. The van der Waals surface area contributed by atoms with E-state index in [1.165, 1.54) is 31.2 Å². The summed E-state index contributed by atoms with van der Waals surface area (Å²) in [4.78, 5) is 3.57. The molecule has 0 bridgehead atoms. The first-order valence-corrected chi connectivity index (χ1v) is 13.4. The molecule has 0 aliphatic heterocycles. The van der Waals surface area contributed by atoms with Gasteiger partial charge in [-0.2, -0.15) is 44.5 Å². The second-order valence-corrected chi connectivity index (χ2v) is 11.0. The molecule has 1 fully saturated rings. The van der Waals surface area contributed by atoms with Crippen LogP contribution in [-0.4, -0.2) is 33.4 Å². The van der Waals surface area contributed by atoms with E-state index in [4.69, 9.17) is 4.52 Å². The van der Waals surface area contributed by atoms with Gasteiger partial charge in [0.2, 0.25) is 5.82 Å². The zero-order valence-electron chi connectivity index (χ0n) is 21.1. The number of thioether (sulfide) groups is 1. The Morgan fingerprint density at radius 2 is 1.35 bits per heavy atom. The van der Waals surface area contributed by atoms with E-state index in [2.05, 4.69) is 17.1 Å². The Morgan fingerprint density at radius 1 is 0.775 bits per heavy atom. The second kappa shape index (κ2) is 11.3. The fraction of sp³-hybridized carbons (Fsp3) is 0.481. The molecule has 0 spiro atoms. The van der Waals surface area contributed by atoms with E-state index in [1.54, 1.807) is 0 Å². The Labute approximate surface area is 228 Å². The van der Waals surface area contributed by atoms with Crippen LogP contribution in [-0.2, 0) is 0 Å². The summed E-state index contributed by atoms with van der Waals surface area (Å²) in [5.41, 5.74) is 2.09. The number of aromatic nitrogens is 2. The summed E-state index contributed by atoms with van der Waals surface area (Å²) < 4.78 is 123. The lowest BCUT2D eigenvalue weighted by Gasteiger charge is -2.33. The van der Waals surface area contributed by atoms with Crippen LogP contribution in [0, 0.1) is 5.92 Å². The smallest absolute Gasteiger partial charge is 0.334 e. The van der Waals surface area contributed by atoms with Crippen LogP contribution in [0.4, 0.5) is 39.5 Å². The normalized spacial score (nSPS) is 19.1. The molecule has 218 valence electrons. The molecule has 2 aromatic carbocycles. The molecule has 3 aromatic rings. The SMILES string of the molecule is CCCC1CCC(c2ccc(-c3noc(-c4ccc(SC(F)(F)C(F)(F)C(F)(F)C(F)(F)F)cc4)n3)cc2)CC1. The largest absolute Gasteiger partial charge is 0.460 e. The minimum Gasteiger partial charge on any atom is -0.334 e. The molecule has 0 unspecified atom stereocenters. The van der Waals surface area contributed by atoms with Gasteiger partial charge in [0.15, 0.2) is 0 Å². The van der Waals surface area contributed by atoms with Crippen LogP contribution >= 0.6 is 11.8 Å². The van der Waals surface area contributed by atoms with Gasteiger partial charge in [-0.25, -0.2) is 0 Å². The van der Waals surface area contributed by atoms with Crippen molar-refractivity contribution in [3.05, 3.63) is 54.1 Å². The molecular formula is C27H25F9N2OS. The molecule has 3 nitrogen and oxygen atoms in total. The highest BCUT2D eigenvalue weighted by Crippen LogP contribution is 2.57.